The van der Waals surface area contributed by atoms with Crippen LogP contribution in [-0.2, 0) is 9.59 Å². The first-order valence-corrected chi connectivity index (χ1v) is 16.4. The Morgan fingerprint density at radius 3 is 2.51 bits per heavy atom. The Labute approximate surface area is 273 Å². The molecular formula is C34H33F4N5O3S. The van der Waals surface area contributed by atoms with Crippen molar-refractivity contribution in [3.8, 4) is 22.8 Å². The minimum atomic E-state index is -4.76. The third-order valence-electron chi connectivity index (χ3n) is 8.51. The number of carbonyl (C=O) groups is 2. The van der Waals surface area contributed by atoms with Crippen molar-refractivity contribution in [2.24, 2.45) is 5.92 Å². The Morgan fingerprint density at radius 2 is 1.81 bits per heavy atom. The minimum absolute atomic E-state index is 0.00437. The van der Waals surface area contributed by atoms with Gasteiger partial charge in [-0.2, -0.15) is 0 Å². The van der Waals surface area contributed by atoms with Crippen molar-refractivity contribution in [1.29, 1.82) is 0 Å². The van der Waals surface area contributed by atoms with Crippen LogP contribution in [-0.4, -0.2) is 44.2 Å². The first kappa shape index (κ1) is 32.5. The molecule has 8 nitrogen and oxygen atoms in total. The molecule has 3 atom stereocenters. The number of ether oxygens (including phenoxy) is 1. The molecule has 1 saturated carbocycles. The Bertz CT molecular complexity index is 1740. The fourth-order valence-electron chi connectivity index (χ4n) is 6.25. The number of aromatic nitrogens is 3. The van der Waals surface area contributed by atoms with Crippen molar-refractivity contribution < 1.29 is 31.9 Å². The van der Waals surface area contributed by atoms with Crippen molar-refractivity contribution in [3.05, 3.63) is 90.0 Å². The molecule has 2 amide bonds. The van der Waals surface area contributed by atoms with E-state index in [0.717, 1.165) is 36.0 Å². The molecule has 1 aromatic heterocycles. The number of benzene rings is 3. The number of anilines is 1. The van der Waals surface area contributed by atoms with Crippen molar-refractivity contribution in [2.45, 2.75) is 63.2 Å². The molecular weight excluding hydrogens is 634 g/mol. The molecule has 246 valence electrons. The molecule has 13 heteroatoms. The molecule has 2 heterocycles. The summed E-state index contributed by atoms with van der Waals surface area (Å²) in [5.74, 6) is 0.330. The lowest BCUT2D eigenvalue weighted by molar-refractivity contribution is -0.274. The highest BCUT2D eigenvalue weighted by molar-refractivity contribution is 8.01. The van der Waals surface area contributed by atoms with E-state index in [2.05, 4.69) is 20.1 Å². The molecule has 1 saturated heterocycles. The number of hydrogen-bond donors (Lipinski definition) is 1. The second kappa shape index (κ2) is 13.4. The minimum Gasteiger partial charge on any atom is -0.406 e. The van der Waals surface area contributed by atoms with Gasteiger partial charge in [0.25, 0.3) is 0 Å². The Balaban J connectivity index is 1.04. The van der Waals surface area contributed by atoms with Crippen LogP contribution in [0.3, 0.4) is 0 Å². The van der Waals surface area contributed by atoms with Gasteiger partial charge in [0.1, 0.15) is 17.9 Å². The summed E-state index contributed by atoms with van der Waals surface area (Å²) in [6.07, 6.45) is -0.171. The van der Waals surface area contributed by atoms with E-state index in [0.29, 0.717) is 29.5 Å². The first-order valence-electron chi connectivity index (χ1n) is 15.3. The van der Waals surface area contributed by atoms with Crippen LogP contribution in [0.4, 0.5) is 23.2 Å². The van der Waals surface area contributed by atoms with Crippen LogP contribution in [0.2, 0.25) is 0 Å². The van der Waals surface area contributed by atoms with Gasteiger partial charge in [-0.15, -0.1) is 30.0 Å². The average molecular weight is 668 g/mol. The molecule has 1 aliphatic carbocycles. The van der Waals surface area contributed by atoms with Crippen molar-refractivity contribution >= 4 is 29.3 Å². The monoisotopic (exact) mass is 667 g/mol. The predicted octanol–water partition coefficient (Wildman–Crippen LogP) is 7.55. The van der Waals surface area contributed by atoms with Gasteiger partial charge in [-0.1, -0.05) is 38.1 Å². The van der Waals surface area contributed by atoms with E-state index in [9.17, 15) is 27.2 Å². The summed E-state index contributed by atoms with van der Waals surface area (Å²) < 4.78 is 56.7. The van der Waals surface area contributed by atoms with Crippen molar-refractivity contribution in [2.75, 3.05) is 10.7 Å². The predicted molar refractivity (Wildman–Crippen MR) is 171 cm³/mol. The maximum Gasteiger partial charge on any atom is 0.573 e. The lowest BCUT2D eigenvalue weighted by Gasteiger charge is -2.28. The Kier molecular flexibility index (Phi) is 9.27. The smallest absolute Gasteiger partial charge is 0.406 e. The van der Waals surface area contributed by atoms with E-state index in [1.54, 1.807) is 11.0 Å². The fraction of sp³-hybridized carbons (Fsp3) is 0.353. The number of halogens is 4. The summed E-state index contributed by atoms with van der Waals surface area (Å²) in [6, 6.07) is 17.7. The summed E-state index contributed by atoms with van der Waals surface area (Å²) in [5.41, 5.74) is 3.31. The number of nitrogens with one attached hydrogen (secondary N) is 1. The second-order valence-electron chi connectivity index (χ2n) is 12.1. The summed E-state index contributed by atoms with van der Waals surface area (Å²) in [6.45, 7) is 3.89. The quantitative estimate of drug-likeness (QED) is 0.186. The number of nitrogens with zero attached hydrogens (tertiary/aromatic N) is 4. The van der Waals surface area contributed by atoms with Gasteiger partial charge in [-0.3, -0.25) is 14.5 Å². The molecule has 3 aromatic carbocycles. The number of hydrogen-bond acceptors (Lipinski definition) is 6. The summed E-state index contributed by atoms with van der Waals surface area (Å²) >= 11 is 1.36. The lowest BCUT2D eigenvalue weighted by atomic mass is 9.94. The van der Waals surface area contributed by atoms with Crippen LogP contribution in [0, 0.1) is 11.7 Å². The maximum atomic E-state index is 14.0. The molecule has 6 rings (SSSR count). The third-order valence-corrected chi connectivity index (χ3v) is 9.56. The summed E-state index contributed by atoms with van der Waals surface area (Å²) in [7, 11) is 0. The zero-order valence-electron chi connectivity index (χ0n) is 25.7. The zero-order valence-corrected chi connectivity index (χ0v) is 26.5. The molecule has 1 aliphatic heterocycles. The summed E-state index contributed by atoms with van der Waals surface area (Å²) in [4.78, 5) is 31.9. The highest BCUT2D eigenvalue weighted by Gasteiger charge is 2.37. The molecule has 4 aromatic rings. The van der Waals surface area contributed by atoms with E-state index in [1.807, 2.05) is 38.1 Å². The van der Waals surface area contributed by atoms with Crippen LogP contribution in [0.25, 0.3) is 17.1 Å². The van der Waals surface area contributed by atoms with Crippen LogP contribution < -0.4 is 15.0 Å². The molecule has 2 fully saturated rings. The number of carbonyl (C=O) groups excluding carboxylic acids is 2. The van der Waals surface area contributed by atoms with E-state index >= 15 is 0 Å². The first-order chi connectivity index (χ1) is 22.4. The van der Waals surface area contributed by atoms with Gasteiger partial charge in [0, 0.05) is 12.0 Å². The standard InChI is InChI=1S/C34H33F4N5O3S/c1-20(2)28-17-25(35)9-14-29(28)43-31(45)18-47-33(43)40-30(44)16-21-3-4-24(15-21)22-5-7-23(8-6-22)32-39-19-42(41-32)26-10-12-27(13-11-26)46-34(36,37)38/h5-14,17,19-21,24,33H,3-4,15-16,18H2,1-2H3,(H,40,44). The van der Waals surface area contributed by atoms with Gasteiger partial charge in [0.15, 0.2) is 11.3 Å². The van der Waals surface area contributed by atoms with Crippen LogP contribution in [0.1, 0.15) is 62.5 Å². The molecule has 47 heavy (non-hydrogen) atoms. The largest absolute Gasteiger partial charge is 0.573 e. The van der Waals surface area contributed by atoms with Gasteiger partial charge >= 0.3 is 6.36 Å². The maximum absolute atomic E-state index is 14.0. The zero-order chi connectivity index (χ0) is 33.3. The molecule has 3 unspecified atom stereocenters. The molecule has 0 radical (unpaired) electrons. The molecule has 0 spiro atoms. The Hall–Kier alpha value is -4.39. The molecule has 1 N–H and O–H groups in total. The normalized spacial score (nSPS) is 19.9. The fourth-order valence-corrected chi connectivity index (χ4v) is 7.28. The molecule has 0 bridgehead atoms. The van der Waals surface area contributed by atoms with E-state index in [1.165, 1.54) is 59.2 Å². The van der Waals surface area contributed by atoms with Crippen LogP contribution >= 0.6 is 11.8 Å². The van der Waals surface area contributed by atoms with Gasteiger partial charge in [-0.05, 0) is 90.6 Å². The lowest BCUT2D eigenvalue weighted by Crippen LogP contribution is -2.45. The molecule has 2 aliphatic rings. The van der Waals surface area contributed by atoms with Crippen LogP contribution in [0.15, 0.2) is 73.1 Å². The van der Waals surface area contributed by atoms with Gasteiger partial charge in [0.2, 0.25) is 11.8 Å². The second-order valence-corrected chi connectivity index (χ2v) is 13.2. The average Bonchev–Trinajstić information content (AvgIpc) is 3.78. The summed E-state index contributed by atoms with van der Waals surface area (Å²) in [5, 5.41) is 7.51. The van der Waals surface area contributed by atoms with Crippen LogP contribution in [0.5, 0.6) is 5.75 Å². The highest BCUT2D eigenvalue weighted by Crippen LogP contribution is 2.41. The number of thioether (sulfide) groups is 1. The van der Waals surface area contributed by atoms with Gasteiger partial charge < -0.3 is 10.1 Å². The van der Waals surface area contributed by atoms with E-state index < -0.39 is 11.9 Å². The Morgan fingerprint density at radius 1 is 1.06 bits per heavy atom. The van der Waals surface area contributed by atoms with Gasteiger partial charge in [-0.25, -0.2) is 14.1 Å². The van der Waals surface area contributed by atoms with Gasteiger partial charge in [0.05, 0.1) is 17.1 Å². The number of rotatable bonds is 9. The van der Waals surface area contributed by atoms with E-state index in [4.69, 9.17) is 0 Å². The third kappa shape index (κ3) is 7.61. The SMILES string of the molecule is CC(C)c1cc(F)ccc1N1C(=O)CSC1NC(=O)CC1CCC(c2ccc(-c3ncn(-c4ccc(OC(F)(F)F)cc4)n3)cc2)C1. The van der Waals surface area contributed by atoms with E-state index in [-0.39, 0.29) is 41.0 Å². The number of alkyl halides is 3. The van der Waals surface area contributed by atoms with Crippen molar-refractivity contribution in [3.63, 3.8) is 0 Å². The van der Waals surface area contributed by atoms with Crippen molar-refractivity contribution in [1.82, 2.24) is 20.1 Å². The topological polar surface area (TPSA) is 89.4 Å². The highest BCUT2D eigenvalue weighted by atomic mass is 32.2. The number of amides is 2.